The number of anilines is 2. The quantitative estimate of drug-likeness (QED) is 0.635. The lowest BCUT2D eigenvalue weighted by Crippen LogP contribution is -2.06. The van der Waals surface area contributed by atoms with Crippen LogP contribution in [0, 0.1) is 10.1 Å². The van der Waals surface area contributed by atoms with E-state index in [9.17, 15) is 10.1 Å². The molecular formula is C12H12N4O2. The standard InChI is InChI=1S/C12H12N4O2/c13-10-6-7-14-12(11(10)16(17)18)15-8-9-4-2-1-3-5-9/h1-7H,8H2,(H3,13,14,15). The average Bonchev–Trinajstić information content (AvgIpc) is 2.37. The number of hydrogen-bond acceptors (Lipinski definition) is 5. The number of rotatable bonds is 4. The van der Waals surface area contributed by atoms with Gasteiger partial charge in [0.1, 0.15) is 5.69 Å². The van der Waals surface area contributed by atoms with Crippen LogP contribution in [0.1, 0.15) is 5.56 Å². The number of benzene rings is 1. The van der Waals surface area contributed by atoms with E-state index in [-0.39, 0.29) is 17.2 Å². The second-order valence-electron chi connectivity index (χ2n) is 3.69. The van der Waals surface area contributed by atoms with Crippen LogP contribution in [0.5, 0.6) is 0 Å². The summed E-state index contributed by atoms with van der Waals surface area (Å²) in [6.07, 6.45) is 1.44. The van der Waals surface area contributed by atoms with Crippen molar-refractivity contribution in [1.29, 1.82) is 0 Å². The van der Waals surface area contributed by atoms with Gasteiger partial charge in [-0.25, -0.2) is 4.98 Å². The maximum absolute atomic E-state index is 10.9. The second kappa shape index (κ2) is 5.13. The highest BCUT2D eigenvalue weighted by atomic mass is 16.6. The lowest BCUT2D eigenvalue weighted by Gasteiger charge is -2.07. The zero-order chi connectivity index (χ0) is 13.0. The van der Waals surface area contributed by atoms with Crippen molar-refractivity contribution in [2.45, 2.75) is 6.54 Å². The van der Waals surface area contributed by atoms with Crippen molar-refractivity contribution in [2.24, 2.45) is 0 Å². The van der Waals surface area contributed by atoms with Crippen molar-refractivity contribution in [2.75, 3.05) is 11.1 Å². The van der Waals surface area contributed by atoms with E-state index in [1.54, 1.807) is 0 Å². The molecule has 1 heterocycles. The third kappa shape index (κ3) is 2.54. The Bertz CT molecular complexity index is 557. The molecule has 0 bridgehead atoms. The molecule has 0 amide bonds. The van der Waals surface area contributed by atoms with Gasteiger partial charge < -0.3 is 11.1 Å². The van der Waals surface area contributed by atoms with E-state index in [1.807, 2.05) is 30.3 Å². The van der Waals surface area contributed by atoms with Crippen LogP contribution < -0.4 is 11.1 Å². The summed E-state index contributed by atoms with van der Waals surface area (Å²) in [4.78, 5) is 14.3. The second-order valence-corrected chi connectivity index (χ2v) is 3.69. The van der Waals surface area contributed by atoms with Crippen molar-refractivity contribution in [3.05, 3.63) is 58.3 Å². The molecule has 1 aromatic carbocycles. The van der Waals surface area contributed by atoms with Crippen LogP contribution in [0.4, 0.5) is 17.2 Å². The molecule has 1 aromatic heterocycles. The fraction of sp³-hybridized carbons (Fsp3) is 0.0833. The van der Waals surface area contributed by atoms with E-state index < -0.39 is 4.92 Å². The molecule has 0 unspecified atom stereocenters. The van der Waals surface area contributed by atoms with E-state index in [4.69, 9.17) is 5.73 Å². The van der Waals surface area contributed by atoms with Crippen molar-refractivity contribution in [3.63, 3.8) is 0 Å². The molecule has 0 fully saturated rings. The molecule has 0 aliphatic heterocycles. The van der Waals surface area contributed by atoms with Crippen LogP contribution in [-0.4, -0.2) is 9.91 Å². The molecule has 92 valence electrons. The van der Waals surface area contributed by atoms with Crippen LogP contribution >= 0.6 is 0 Å². The fourth-order valence-electron chi connectivity index (χ4n) is 1.57. The Morgan fingerprint density at radius 1 is 1.28 bits per heavy atom. The lowest BCUT2D eigenvalue weighted by molar-refractivity contribution is -0.383. The summed E-state index contributed by atoms with van der Waals surface area (Å²) >= 11 is 0. The van der Waals surface area contributed by atoms with Crippen LogP contribution in [0.25, 0.3) is 0 Å². The number of nitrogens with one attached hydrogen (secondary N) is 1. The molecule has 0 aliphatic carbocycles. The topological polar surface area (TPSA) is 94.1 Å². The minimum absolute atomic E-state index is 0.102. The zero-order valence-electron chi connectivity index (χ0n) is 9.54. The Labute approximate surface area is 104 Å². The first kappa shape index (κ1) is 11.8. The molecule has 0 aliphatic rings. The third-order valence-corrected chi connectivity index (χ3v) is 2.44. The summed E-state index contributed by atoms with van der Waals surface area (Å²) in [5.74, 6) is 0.184. The van der Waals surface area contributed by atoms with Crippen molar-refractivity contribution >= 4 is 17.2 Å². The van der Waals surface area contributed by atoms with Gasteiger partial charge in [-0.2, -0.15) is 0 Å². The first-order valence-electron chi connectivity index (χ1n) is 5.35. The number of nitrogen functional groups attached to an aromatic ring is 1. The van der Waals surface area contributed by atoms with Crippen LogP contribution in [0.2, 0.25) is 0 Å². The molecule has 0 saturated carbocycles. The Morgan fingerprint density at radius 3 is 2.67 bits per heavy atom. The highest BCUT2D eigenvalue weighted by Crippen LogP contribution is 2.28. The van der Waals surface area contributed by atoms with Crippen LogP contribution in [-0.2, 0) is 6.54 Å². The maximum atomic E-state index is 10.9. The number of nitrogens with zero attached hydrogens (tertiary/aromatic N) is 2. The monoisotopic (exact) mass is 244 g/mol. The summed E-state index contributed by atoms with van der Waals surface area (Å²) in [6, 6.07) is 11.0. The van der Waals surface area contributed by atoms with Gasteiger partial charge in [0.05, 0.1) is 4.92 Å². The van der Waals surface area contributed by atoms with E-state index in [1.165, 1.54) is 12.3 Å². The van der Waals surface area contributed by atoms with Crippen molar-refractivity contribution in [3.8, 4) is 0 Å². The third-order valence-electron chi connectivity index (χ3n) is 2.44. The maximum Gasteiger partial charge on any atom is 0.333 e. The van der Waals surface area contributed by atoms with Gasteiger partial charge >= 0.3 is 5.69 Å². The molecule has 0 atom stereocenters. The molecule has 0 radical (unpaired) electrons. The predicted octanol–water partition coefficient (Wildman–Crippen LogP) is 2.18. The number of aromatic nitrogens is 1. The van der Waals surface area contributed by atoms with Crippen LogP contribution in [0.15, 0.2) is 42.6 Å². The Morgan fingerprint density at radius 2 is 2.00 bits per heavy atom. The largest absolute Gasteiger partial charge is 0.393 e. The van der Waals surface area contributed by atoms with E-state index in [2.05, 4.69) is 10.3 Å². The van der Waals surface area contributed by atoms with Gasteiger partial charge in [-0.1, -0.05) is 30.3 Å². The van der Waals surface area contributed by atoms with Gasteiger partial charge in [-0.15, -0.1) is 0 Å². The molecule has 0 saturated heterocycles. The molecule has 2 aromatic rings. The SMILES string of the molecule is Nc1ccnc(NCc2ccccc2)c1[N+](=O)[O-]. The van der Waals surface area contributed by atoms with Gasteiger partial charge in [0, 0.05) is 12.7 Å². The lowest BCUT2D eigenvalue weighted by atomic mass is 10.2. The van der Waals surface area contributed by atoms with Gasteiger partial charge in [0.2, 0.25) is 5.82 Å². The molecule has 3 N–H and O–H groups in total. The van der Waals surface area contributed by atoms with Gasteiger partial charge in [0.15, 0.2) is 0 Å². The Kier molecular flexibility index (Phi) is 3.38. The van der Waals surface area contributed by atoms with E-state index in [0.29, 0.717) is 6.54 Å². The van der Waals surface area contributed by atoms with Crippen LogP contribution in [0.3, 0.4) is 0 Å². The Balaban J connectivity index is 2.20. The highest BCUT2D eigenvalue weighted by Gasteiger charge is 2.18. The smallest absolute Gasteiger partial charge is 0.333 e. The first-order valence-corrected chi connectivity index (χ1v) is 5.35. The minimum Gasteiger partial charge on any atom is -0.393 e. The summed E-state index contributed by atoms with van der Waals surface area (Å²) < 4.78 is 0. The fourth-order valence-corrected chi connectivity index (χ4v) is 1.57. The number of pyridine rings is 1. The van der Waals surface area contributed by atoms with E-state index in [0.717, 1.165) is 5.56 Å². The molecule has 18 heavy (non-hydrogen) atoms. The summed E-state index contributed by atoms with van der Waals surface area (Å²) in [5, 5.41) is 13.8. The number of nitrogens with two attached hydrogens (primary N) is 1. The zero-order valence-corrected chi connectivity index (χ0v) is 9.54. The minimum atomic E-state index is -0.532. The molecule has 6 nitrogen and oxygen atoms in total. The number of nitro groups is 1. The average molecular weight is 244 g/mol. The van der Waals surface area contributed by atoms with Gasteiger partial charge in [-0.05, 0) is 11.6 Å². The molecule has 2 rings (SSSR count). The molecular weight excluding hydrogens is 232 g/mol. The predicted molar refractivity (Wildman–Crippen MR) is 69.1 cm³/mol. The van der Waals surface area contributed by atoms with Crippen molar-refractivity contribution < 1.29 is 4.92 Å². The highest BCUT2D eigenvalue weighted by molar-refractivity contribution is 5.70. The van der Waals surface area contributed by atoms with E-state index >= 15 is 0 Å². The summed E-state index contributed by atoms with van der Waals surface area (Å²) in [6.45, 7) is 0.456. The molecule has 6 heteroatoms. The van der Waals surface area contributed by atoms with Gasteiger partial charge in [0.25, 0.3) is 0 Å². The summed E-state index contributed by atoms with van der Waals surface area (Å²) in [5.41, 5.74) is 6.50. The van der Waals surface area contributed by atoms with Crippen molar-refractivity contribution in [1.82, 2.24) is 4.98 Å². The normalized spacial score (nSPS) is 10.0. The first-order chi connectivity index (χ1) is 8.68. The Hall–Kier alpha value is -2.63. The molecule has 0 spiro atoms. The van der Waals surface area contributed by atoms with Gasteiger partial charge in [-0.3, -0.25) is 10.1 Å². The number of hydrogen-bond donors (Lipinski definition) is 2. The summed E-state index contributed by atoms with van der Waals surface area (Å²) in [7, 11) is 0.